The van der Waals surface area contributed by atoms with E-state index in [2.05, 4.69) is 53.2 Å². The van der Waals surface area contributed by atoms with E-state index in [1.165, 1.54) is 36.1 Å². The van der Waals surface area contributed by atoms with Gasteiger partial charge in [-0.25, -0.2) is 0 Å². The van der Waals surface area contributed by atoms with Crippen molar-refractivity contribution in [1.82, 2.24) is 0 Å². The number of aryl methyl sites for hydroxylation is 2. The molecule has 1 aromatic heterocycles. The fourth-order valence-electron chi connectivity index (χ4n) is 2.49. The maximum atomic E-state index is 2.37. The van der Waals surface area contributed by atoms with E-state index < -0.39 is 0 Å². The van der Waals surface area contributed by atoms with E-state index in [1.54, 1.807) is 0 Å². The van der Waals surface area contributed by atoms with Crippen molar-refractivity contribution in [3.63, 3.8) is 0 Å². The highest BCUT2D eigenvalue weighted by atomic mass is 15.0. The molecule has 0 N–H and O–H groups in total. The predicted molar refractivity (Wildman–Crippen MR) is 64.2 cm³/mol. The van der Waals surface area contributed by atoms with Crippen LogP contribution >= 0.6 is 0 Å². The maximum Gasteiger partial charge on any atom is 0.181 e. The van der Waals surface area contributed by atoms with Crippen LogP contribution in [-0.4, -0.2) is 0 Å². The average Bonchev–Trinajstić information content (AvgIpc) is 2.29. The van der Waals surface area contributed by atoms with Gasteiger partial charge >= 0.3 is 0 Å². The first kappa shape index (κ1) is 9.59. The normalized spacial score (nSPS) is 14.5. The molecule has 0 aliphatic carbocycles. The zero-order valence-electron chi connectivity index (χ0n) is 9.39. The molecule has 1 aliphatic heterocycles. The van der Waals surface area contributed by atoms with Crippen LogP contribution in [0.2, 0.25) is 0 Å². The van der Waals surface area contributed by atoms with Crippen LogP contribution in [0.1, 0.15) is 23.2 Å². The Morgan fingerprint density at radius 2 is 1.62 bits per heavy atom. The molecule has 2 aromatic rings. The van der Waals surface area contributed by atoms with Gasteiger partial charge in [0, 0.05) is 24.1 Å². The Morgan fingerprint density at radius 1 is 0.812 bits per heavy atom. The number of aromatic nitrogens is 1. The molecule has 0 saturated carbocycles. The fraction of sp³-hybridized carbons (Fsp3) is 0.267. The molecular weight excluding hydrogens is 194 g/mol. The minimum atomic E-state index is 1.02. The standard InChI is InChI=1S/C15H16N/c1-2-7-14-12-16-11-4-3-9-15(16)10-5-8-13(14)6-1/h1-4,6-7,9,11H,5,8,10,12H2/q+1. The van der Waals surface area contributed by atoms with Crippen LogP contribution in [0.5, 0.6) is 0 Å². The van der Waals surface area contributed by atoms with Gasteiger partial charge in [-0.05, 0) is 18.4 Å². The highest BCUT2D eigenvalue weighted by Gasteiger charge is 2.15. The van der Waals surface area contributed by atoms with Gasteiger partial charge in [0.15, 0.2) is 18.4 Å². The van der Waals surface area contributed by atoms with Crippen molar-refractivity contribution in [2.45, 2.75) is 25.8 Å². The highest BCUT2D eigenvalue weighted by molar-refractivity contribution is 5.27. The van der Waals surface area contributed by atoms with E-state index in [0.717, 1.165) is 6.54 Å². The van der Waals surface area contributed by atoms with Gasteiger partial charge in [0.25, 0.3) is 0 Å². The van der Waals surface area contributed by atoms with Crippen molar-refractivity contribution in [2.24, 2.45) is 0 Å². The molecule has 1 heteroatoms. The summed E-state index contributed by atoms with van der Waals surface area (Å²) >= 11 is 0. The van der Waals surface area contributed by atoms with Gasteiger partial charge < -0.3 is 0 Å². The van der Waals surface area contributed by atoms with Crippen molar-refractivity contribution in [1.29, 1.82) is 0 Å². The van der Waals surface area contributed by atoms with E-state index in [0.29, 0.717) is 0 Å². The van der Waals surface area contributed by atoms with Gasteiger partial charge in [0.05, 0.1) is 0 Å². The Hall–Kier alpha value is -1.63. The Labute approximate surface area is 96.4 Å². The molecule has 0 atom stereocenters. The lowest BCUT2D eigenvalue weighted by Crippen LogP contribution is -2.39. The zero-order valence-corrected chi connectivity index (χ0v) is 9.39. The molecule has 80 valence electrons. The molecule has 2 heterocycles. The molecule has 0 unspecified atom stereocenters. The predicted octanol–water partition coefficient (Wildman–Crippen LogP) is 2.51. The molecule has 0 fully saturated rings. The summed E-state index contributed by atoms with van der Waals surface area (Å²) in [6, 6.07) is 15.3. The zero-order chi connectivity index (χ0) is 10.8. The van der Waals surface area contributed by atoms with E-state index in [4.69, 9.17) is 0 Å². The van der Waals surface area contributed by atoms with Crippen molar-refractivity contribution >= 4 is 0 Å². The number of hydrogen-bond acceptors (Lipinski definition) is 0. The lowest BCUT2D eigenvalue weighted by molar-refractivity contribution is -0.696. The van der Waals surface area contributed by atoms with E-state index in [1.807, 2.05) is 0 Å². The summed E-state index contributed by atoms with van der Waals surface area (Å²) in [4.78, 5) is 0. The summed E-state index contributed by atoms with van der Waals surface area (Å²) in [7, 11) is 0. The van der Waals surface area contributed by atoms with Crippen LogP contribution in [0.4, 0.5) is 0 Å². The molecule has 1 nitrogen and oxygen atoms in total. The van der Waals surface area contributed by atoms with E-state index >= 15 is 0 Å². The first-order chi connectivity index (χ1) is 7.93. The summed E-state index contributed by atoms with van der Waals surface area (Å²) in [6.07, 6.45) is 5.85. The van der Waals surface area contributed by atoms with Crippen LogP contribution in [-0.2, 0) is 19.4 Å². The molecular formula is C15H16N+. The van der Waals surface area contributed by atoms with Crippen LogP contribution in [0, 0.1) is 0 Å². The molecule has 0 spiro atoms. The molecule has 1 aromatic carbocycles. The number of rotatable bonds is 0. The van der Waals surface area contributed by atoms with Crippen LogP contribution in [0.3, 0.4) is 0 Å². The topological polar surface area (TPSA) is 3.88 Å². The van der Waals surface area contributed by atoms with Gasteiger partial charge in [-0.15, -0.1) is 0 Å². The Bertz CT molecular complexity index is 457. The first-order valence-electron chi connectivity index (χ1n) is 5.97. The van der Waals surface area contributed by atoms with Gasteiger partial charge in [-0.3, -0.25) is 0 Å². The summed E-state index contributed by atoms with van der Waals surface area (Å²) in [6.45, 7) is 1.02. The summed E-state index contributed by atoms with van der Waals surface area (Å²) in [5.74, 6) is 0. The smallest absolute Gasteiger partial charge is 0.181 e. The maximum absolute atomic E-state index is 2.37. The molecule has 3 rings (SSSR count). The Balaban J connectivity index is 2.06. The third-order valence-electron chi connectivity index (χ3n) is 3.37. The Kier molecular flexibility index (Phi) is 2.45. The van der Waals surface area contributed by atoms with Crippen molar-refractivity contribution < 1.29 is 4.57 Å². The summed E-state index contributed by atoms with van der Waals surface area (Å²) in [5.41, 5.74) is 4.45. The number of fused-ring (bicyclic) bond motifs is 2. The molecule has 0 amide bonds. The minimum Gasteiger partial charge on any atom is -0.198 e. The SMILES string of the molecule is c1ccc2c(c1)CCCc1cccc[n+]1C2. The van der Waals surface area contributed by atoms with Crippen molar-refractivity contribution in [3.8, 4) is 0 Å². The number of benzene rings is 1. The van der Waals surface area contributed by atoms with E-state index in [9.17, 15) is 0 Å². The van der Waals surface area contributed by atoms with Crippen molar-refractivity contribution in [3.05, 3.63) is 65.5 Å². The number of hydrogen-bond donors (Lipinski definition) is 0. The lowest BCUT2D eigenvalue weighted by atomic mass is 9.98. The van der Waals surface area contributed by atoms with Crippen LogP contribution in [0.15, 0.2) is 48.7 Å². The fourth-order valence-corrected chi connectivity index (χ4v) is 2.49. The largest absolute Gasteiger partial charge is 0.198 e. The second kappa shape index (κ2) is 4.09. The minimum absolute atomic E-state index is 1.02. The lowest BCUT2D eigenvalue weighted by Gasteiger charge is -2.12. The molecule has 0 saturated heterocycles. The highest BCUT2D eigenvalue weighted by Crippen LogP contribution is 2.15. The van der Waals surface area contributed by atoms with E-state index in [-0.39, 0.29) is 0 Å². The monoisotopic (exact) mass is 210 g/mol. The molecule has 16 heavy (non-hydrogen) atoms. The second-order valence-electron chi connectivity index (χ2n) is 4.44. The third kappa shape index (κ3) is 1.73. The number of nitrogens with zero attached hydrogens (tertiary/aromatic N) is 1. The van der Waals surface area contributed by atoms with Gasteiger partial charge in [-0.2, -0.15) is 4.57 Å². The molecule has 0 bridgehead atoms. The quantitative estimate of drug-likeness (QED) is 0.588. The van der Waals surface area contributed by atoms with Crippen LogP contribution in [0.25, 0.3) is 0 Å². The summed E-state index contributed by atoms with van der Waals surface area (Å²) < 4.78 is 2.37. The number of pyridine rings is 1. The van der Waals surface area contributed by atoms with Gasteiger partial charge in [0.2, 0.25) is 0 Å². The van der Waals surface area contributed by atoms with Gasteiger partial charge in [-0.1, -0.05) is 30.3 Å². The summed E-state index contributed by atoms with van der Waals surface area (Å²) in [5, 5.41) is 0. The Morgan fingerprint density at radius 3 is 2.56 bits per heavy atom. The van der Waals surface area contributed by atoms with Gasteiger partial charge in [0.1, 0.15) is 0 Å². The van der Waals surface area contributed by atoms with Crippen LogP contribution < -0.4 is 4.57 Å². The molecule has 0 radical (unpaired) electrons. The second-order valence-corrected chi connectivity index (χ2v) is 4.44. The van der Waals surface area contributed by atoms with Crippen molar-refractivity contribution in [2.75, 3.05) is 0 Å². The third-order valence-corrected chi connectivity index (χ3v) is 3.37. The first-order valence-corrected chi connectivity index (χ1v) is 5.97. The molecule has 1 aliphatic rings. The average molecular weight is 210 g/mol.